The maximum atomic E-state index is 13.4. The number of hydrogen-bond acceptors (Lipinski definition) is 4. The molecule has 4 rings (SSSR count). The number of aromatic nitrogens is 3. The van der Waals surface area contributed by atoms with E-state index in [0.717, 1.165) is 56.2 Å². The largest absolute Gasteiger partial charge is 0.317 e. The molecular formula is C20H28FN5. The molecule has 5 nitrogen and oxygen atoms in total. The third-order valence-electron chi connectivity index (χ3n) is 5.73. The Balaban J connectivity index is 1.41. The Morgan fingerprint density at radius 3 is 2.65 bits per heavy atom. The van der Waals surface area contributed by atoms with Gasteiger partial charge in [-0.2, -0.15) is 0 Å². The number of rotatable bonds is 5. The van der Waals surface area contributed by atoms with Gasteiger partial charge in [0.25, 0.3) is 0 Å². The first-order valence-corrected chi connectivity index (χ1v) is 9.76. The average Bonchev–Trinajstić information content (AvgIpc) is 3.26. The summed E-state index contributed by atoms with van der Waals surface area (Å²) in [6.07, 6.45) is 4.88. The highest BCUT2D eigenvalue weighted by molar-refractivity contribution is 5.16. The number of benzene rings is 1. The molecule has 0 unspecified atom stereocenters. The number of piperidine rings is 1. The molecule has 6 heteroatoms. The van der Waals surface area contributed by atoms with Crippen LogP contribution < -0.4 is 0 Å². The molecule has 0 saturated carbocycles. The normalized spacial score (nSPS) is 22.2. The van der Waals surface area contributed by atoms with Crippen LogP contribution in [0.4, 0.5) is 4.39 Å². The van der Waals surface area contributed by atoms with E-state index in [1.807, 2.05) is 6.07 Å². The average molecular weight is 357 g/mol. The molecule has 3 heterocycles. The predicted molar refractivity (Wildman–Crippen MR) is 99.2 cm³/mol. The van der Waals surface area contributed by atoms with Crippen molar-refractivity contribution in [2.75, 3.05) is 26.2 Å². The summed E-state index contributed by atoms with van der Waals surface area (Å²) in [5, 5.41) is 9.01. The van der Waals surface area contributed by atoms with Gasteiger partial charge in [0.1, 0.15) is 17.5 Å². The lowest BCUT2D eigenvalue weighted by Gasteiger charge is -2.32. The molecule has 2 aliphatic rings. The highest BCUT2D eigenvalue weighted by Gasteiger charge is 2.26. The summed E-state index contributed by atoms with van der Waals surface area (Å²) in [5.74, 6) is 2.42. The van der Waals surface area contributed by atoms with Gasteiger partial charge in [-0.3, -0.25) is 9.80 Å². The van der Waals surface area contributed by atoms with Crippen molar-refractivity contribution < 1.29 is 4.39 Å². The zero-order chi connectivity index (χ0) is 17.9. The summed E-state index contributed by atoms with van der Waals surface area (Å²) >= 11 is 0. The molecule has 0 N–H and O–H groups in total. The van der Waals surface area contributed by atoms with Gasteiger partial charge >= 0.3 is 0 Å². The van der Waals surface area contributed by atoms with Gasteiger partial charge in [0.15, 0.2) is 0 Å². The molecule has 2 aliphatic heterocycles. The Labute approximate surface area is 154 Å². The zero-order valence-corrected chi connectivity index (χ0v) is 15.6. The molecule has 1 atom stereocenters. The van der Waals surface area contributed by atoms with Gasteiger partial charge in [-0.15, -0.1) is 10.2 Å². The van der Waals surface area contributed by atoms with Gasteiger partial charge in [0.05, 0.1) is 6.54 Å². The van der Waals surface area contributed by atoms with Gasteiger partial charge in [-0.25, -0.2) is 4.39 Å². The van der Waals surface area contributed by atoms with Crippen LogP contribution in [-0.2, 0) is 20.1 Å². The van der Waals surface area contributed by atoms with Crippen LogP contribution in [-0.4, -0.2) is 50.7 Å². The van der Waals surface area contributed by atoms with Crippen molar-refractivity contribution >= 4 is 0 Å². The molecule has 2 aromatic rings. The molecule has 0 amide bonds. The molecule has 1 aromatic heterocycles. The molecule has 2 fully saturated rings. The summed E-state index contributed by atoms with van der Waals surface area (Å²) in [6, 6.07) is 6.94. The van der Waals surface area contributed by atoms with Crippen molar-refractivity contribution in [3.63, 3.8) is 0 Å². The minimum Gasteiger partial charge on any atom is -0.317 e. The van der Waals surface area contributed by atoms with E-state index in [-0.39, 0.29) is 5.82 Å². The van der Waals surface area contributed by atoms with E-state index in [9.17, 15) is 4.39 Å². The number of halogens is 1. The topological polar surface area (TPSA) is 37.2 Å². The highest BCUT2D eigenvalue weighted by atomic mass is 19.1. The Morgan fingerprint density at radius 1 is 1.04 bits per heavy atom. The fraction of sp³-hybridized carbons (Fsp3) is 0.600. The van der Waals surface area contributed by atoms with Crippen LogP contribution in [0.3, 0.4) is 0 Å². The number of likely N-dealkylation sites (tertiary alicyclic amines) is 2. The molecule has 140 valence electrons. The van der Waals surface area contributed by atoms with Crippen LogP contribution in [0.5, 0.6) is 0 Å². The van der Waals surface area contributed by atoms with Crippen molar-refractivity contribution in [3.8, 4) is 0 Å². The van der Waals surface area contributed by atoms with Crippen LogP contribution in [0.1, 0.15) is 48.8 Å². The van der Waals surface area contributed by atoms with E-state index in [0.29, 0.717) is 5.92 Å². The Hall–Kier alpha value is -1.79. The molecule has 26 heavy (non-hydrogen) atoms. The second-order valence-corrected chi connectivity index (χ2v) is 7.72. The minimum atomic E-state index is -0.157. The van der Waals surface area contributed by atoms with Crippen molar-refractivity contribution in [1.29, 1.82) is 0 Å². The van der Waals surface area contributed by atoms with Crippen LogP contribution in [0.15, 0.2) is 24.3 Å². The maximum absolute atomic E-state index is 13.4. The van der Waals surface area contributed by atoms with Gasteiger partial charge in [-0.05, 0) is 63.0 Å². The molecule has 2 saturated heterocycles. The molecule has 0 aliphatic carbocycles. The monoisotopic (exact) mass is 357 g/mol. The van der Waals surface area contributed by atoms with Crippen molar-refractivity contribution in [3.05, 3.63) is 47.3 Å². The van der Waals surface area contributed by atoms with E-state index >= 15 is 0 Å². The quantitative estimate of drug-likeness (QED) is 0.825. The summed E-state index contributed by atoms with van der Waals surface area (Å²) < 4.78 is 15.6. The first-order valence-electron chi connectivity index (χ1n) is 9.76. The second-order valence-electron chi connectivity index (χ2n) is 7.72. The summed E-state index contributed by atoms with van der Waals surface area (Å²) in [7, 11) is 2.10. The van der Waals surface area contributed by atoms with Crippen LogP contribution in [0.25, 0.3) is 0 Å². The zero-order valence-electron chi connectivity index (χ0n) is 15.6. The Kier molecular flexibility index (Phi) is 5.31. The SMILES string of the molecule is Cn1c(CN2CCCC2)nnc1[C@@H]1CCCN(Cc2cccc(F)c2)C1. The van der Waals surface area contributed by atoms with Gasteiger partial charge < -0.3 is 4.57 Å². The molecule has 0 spiro atoms. The number of nitrogens with zero attached hydrogens (tertiary/aromatic N) is 5. The van der Waals surface area contributed by atoms with Crippen molar-refractivity contribution in [2.24, 2.45) is 7.05 Å². The fourth-order valence-corrected chi connectivity index (χ4v) is 4.31. The van der Waals surface area contributed by atoms with Crippen LogP contribution >= 0.6 is 0 Å². The Bertz CT molecular complexity index is 738. The lowest BCUT2D eigenvalue weighted by atomic mass is 9.96. The van der Waals surface area contributed by atoms with Crippen molar-refractivity contribution in [2.45, 2.75) is 44.7 Å². The first kappa shape index (κ1) is 17.6. The second kappa shape index (κ2) is 7.84. The molecule has 0 bridgehead atoms. The van der Waals surface area contributed by atoms with Gasteiger partial charge in [0.2, 0.25) is 0 Å². The van der Waals surface area contributed by atoms with Gasteiger partial charge in [0, 0.05) is 26.1 Å². The van der Waals surface area contributed by atoms with Crippen LogP contribution in [0, 0.1) is 5.82 Å². The van der Waals surface area contributed by atoms with Crippen LogP contribution in [0.2, 0.25) is 0 Å². The van der Waals surface area contributed by atoms with E-state index in [1.165, 1.54) is 32.0 Å². The molecule has 0 radical (unpaired) electrons. The Morgan fingerprint density at radius 2 is 1.85 bits per heavy atom. The van der Waals surface area contributed by atoms with Crippen molar-refractivity contribution in [1.82, 2.24) is 24.6 Å². The highest BCUT2D eigenvalue weighted by Crippen LogP contribution is 2.27. The third-order valence-corrected chi connectivity index (χ3v) is 5.73. The van der Waals surface area contributed by atoms with E-state index in [2.05, 4.69) is 31.6 Å². The smallest absolute Gasteiger partial charge is 0.146 e. The van der Waals surface area contributed by atoms with E-state index in [4.69, 9.17) is 0 Å². The maximum Gasteiger partial charge on any atom is 0.146 e. The summed E-state index contributed by atoms with van der Waals surface area (Å²) in [5.41, 5.74) is 1.04. The lowest BCUT2D eigenvalue weighted by Crippen LogP contribution is -2.35. The lowest BCUT2D eigenvalue weighted by molar-refractivity contribution is 0.194. The first-order chi connectivity index (χ1) is 12.7. The predicted octanol–water partition coefficient (Wildman–Crippen LogP) is 2.93. The van der Waals surface area contributed by atoms with Gasteiger partial charge in [-0.1, -0.05) is 12.1 Å². The molecule has 1 aromatic carbocycles. The standard InChI is InChI=1S/C20H28FN5/c1-24-19(15-25-9-2-3-10-25)22-23-20(24)17-7-5-11-26(14-17)13-16-6-4-8-18(21)12-16/h4,6,8,12,17H,2-3,5,7,9-11,13-15H2,1H3/t17-/m1/s1. The van der Waals surface area contributed by atoms with E-state index < -0.39 is 0 Å². The molecular weight excluding hydrogens is 329 g/mol. The fourth-order valence-electron chi connectivity index (χ4n) is 4.31. The summed E-state index contributed by atoms with van der Waals surface area (Å²) in [4.78, 5) is 4.88. The minimum absolute atomic E-state index is 0.157. The third kappa shape index (κ3) is 3.96. The van der Waals surface area contributed by atoms with E-state index in [1.54, 1.807) is 12.1 Å². The summed E-state index contributed by atoms with van der Waals surface area (Å²) in [6.45, 7) is 6.08. The number of hydrogen-bond donors (Lipinski definition) is 0.